The molecule has 160 valence electrons. The highest BCUT2D eigenvalue weighted by atomic mass is 32.1. The summed E-state index contributed by atoms with van der Waals surface area (Å²) in [5.74, 6) is -16.5. The lowest BCUT2D eigenvalue weighted by molar-refractivity contribution is -0.254. The number of rotatable bonds is 2. The molecule has 0 spiro atoms. The lowest BCUT2D eigenvalue weighted by Gasteiger charge is -2.25. The summed E-state index contributed by atoms with van der Waals surface area (Å²) in [5, 5.41) is 0.616. The Morgan fingerprint density at radius 3 is 2.00 bits per heavy atom. The van der Waals surface area contributed by atoms with Crippen LogP contribution in [0.1, 0.15) is 21.8 Å². The summed E-state index contributed by atoms with van der Waals surface area (Å²) < 4.78 is 95.8. The van der Waals surface area contributed by atoms with Gasteiger partial charge < -0.3 is 4.42 Å². The first kappa shape index (κ1) is 20.2. The number of halogens is 6. The molecule has 0 atom stereocenters. The molecule has 8 heteroatoms. The van der Waals surface area contributed by atoms with E-state index in [1.54, 1.807) is 36.4 Å². The standard InChI is InChI=1S/C23H14F6OS/c1-11-13-7-3-5-9-15(13)30-20(11)19-18(21(24,25)23(28,29)22(19,26)27)17-12(2)31-16-10-6-4-8-14(16)17/h3-10H,1-2H3. The smallest absolute Gasteiger partial charge is 0.380 e. The minimum atomic E-state index is -5.62. The molecular formula is C23H14F6OS. The molecule has 2 aromatic heterocycles. The summed E-state index contributed by atoms with van der Waals surface area (Å²) >= 11 is 1.09. The molecule has 0 bridgehead atoms. The van der Waals surface area contributed by atoms with E-state index in [4.69, 9.17) is 4.42 Å². The van der Waals surface area contributed by atoms with Crippen LogP contribution >= 0.6 is 11.3 Å². The molecule has 0 N–H and O–H groups in total. The Morgan fingerprint density at radius 2 is 1.32 bits per heavy atom. The normalized spacial score (nSPS) is 19.6. The van der Waals surface area contributed by atoms with Crippen molar-refractivity contribution >= 4 is 43.5 Å². The highest BCUT2D eigenvalue weighted by molar-refractivity contribution is 7.19. The summed E-state index contributed by atoms with van der Waals surface area (Å²) in [7, 11) is 0. The van der Waals surface area contributed by atoms with Gasteiger partial charge in [-0.3, -0.25) is 0 Å². The van der Waals surface area contributed by atoms with Crippen molar-refractivity contribution in [1.29, 1.82) is 0 Å². The molecular weight excluding hydrogens is 438 g/mol. The van der Waals surface area contributed by atoms with Crippen LogP contribution in [0, 0.1) is 13.8 Å². The minimum Gasteiger partial charge on any atom is -0.456 e. The SMILES string of the molecule is Cc1sc2ccccc2c1C1=C(c2oc3ccccc3c2C)C(F)(F)C(F)(F)C1(F)F. The number of furan rings is 1. The molecule has 1 nitrogen and oxygen atoms in total. The van der Waals surface area contributed by atoms with Gasteiger partial charge in [-0.25, -0.2) is 0 Å². The zero-order chi connectivity index (χ0) is 22.3. The number of hydrogen-bond donors (Lipinski definition) is 0. The van der Waals surface area contributed by atoms with Crippen molar-refractivity contribution in [2.24, 2.45) is 0 Å². The summed E-state index contributed by atoms with van der Waals surface area (Å²) in [6, 6.07) is 12.5. The lowest BCUT2D eigenvalue weighted by atomic mass is 9.94. The van der Waals surface area contributed by atoms with Gasteiger partial charge in [-0.15, -0.1) is 11.3 Å². The van der Waals surface area contributed by atoms with Crippen molar-refractivity contribution in [2.75, 3.05) is 0 Å². The van der Waals surface area contributed by atoms with Crippen molar-refractivity contribution in [3.05, 3.63) is 70.3 Å². The van der Waals surface area contributed by atoms with Crippen LogP contribution in [0.4, 0.5) is 26.3 Å². The molecule has 1 aliphatic carbocycles. The van der Waals surface area contributed by atoms with Gasteiger partial charge in [0.2, 0.25) is 0 Å². The van der Waals surface area contributed by atoms with E-state index >= 15 is 17.6 Å². The van der Waals surface area contributed by atoms with Crippen LogP contribution in [0.3, 0.4) is 0 Å². The first-order valence-corrected chi connectivity index (χ1v) is 10.2. The van der Waals surface area contributed by atoms with Crippen molar-refractivity contribution in [3.63, 3.8) is 0 Å². The third kappa shape index (κ3) is 2.39. The Labute approximate surface area is 176 Å². The zero-order valence-electron chi connectivity index (χ0n) is 16.2. The average Bonchev–Trinajstić information content (AvgIpc) is 3.24. The van der Waals surface area contributed by atoms with Crippen LogP contribution in [0.15, 0.2) is 52.9 Å². The van der Waals surface area contributed by atoms with Crippen LogP contribution in [0.2, 0.25) is 0 Å². The zero-order valence-corrected chi connectivity index (χ0v) is 17.0. The second kappa shape index (κ2) is 6.16. The molecule has 0 amide bonds. The third-order valence-electron chi connectivity index (χ3n) is 5.76. The fraction of sp³-hybridized carbons (Fsp3) is 0.217. The predicted octanol–water partition coefficient (Wildman–Crippen LogP) is 8.09. The number of para-hydroxylation sites is 1. The van der Waals surface area contributed by atoms with Crippen molar-refractivity contribution < 1.29 is 30.8 Å². The van der Waals surface area contributed by atoms with Gasteiger partial charge in [0.15, 0.2) is 0 Å². The maximum atomic E-state index is 15.2. The Kier molecular flexibility index (Phi) is 4.01. The van der Waals surface area contributed by atoms with Gasteiger partial charge in [0.05, 0.1) is 5.57 Å². The first-order valence-electron chi connectivity index (χ1n) is 9.36. The number of aryl methyl sites for hydroxylation is 2. The van der Waals surface area contributed by atoms with E-state index in [1.807, 2.05) is 0 Å². The number of hydrogen-bond acceptors (Lipinski definition) is 2. The van der Waals surface area contributed by atoms with Crippen molar-refractivity contribution in [2.45, 2.75) is 31.6 Å². The molecule has 0 unspecified atom stereocenters. The van der Waals surface area contributed by atoms with Crippen LogP contribution in [0.25, 0.3) is 32.2 Å². The van der Waals surface area contributed by atoms with Gasteiger partial charge in [-0.05, 0) is 26.0 Å². The molecule has 0 fully saturated rings. The Balaban J connectivity index is 1.97. The monoisotopic (exact) mass is 452 g/mol. The fourth-order valence-corrected chi connectivity index (χ4v) is 5.33. The molecule has 31 heavy (non-hydrogen) atoms. The highest BCUT2D eigenvalue weighted by Gasteiger charge is 2.81. The number of benzene rings is 2. The molecule has 0 aliphatic heterocycles. The van der Waals surface area contributed by atoms with Crippen LogP contribution < -0.4 is 0 Å². The van der Waals surface area contributed by atoms with E-state index in [0.29, 0.717) is 10.1 Å². The van der Waals surface area contributed by atoms with Crippen LogP contribution in [-0.4, -0.2) is 17.8 Å². The molecule has 4 aromatic rings. The Morgan fingerprint density at radius 1 is 0.742 bits per heavy atom. The van der Waals surface area contributed by atoms with E-state index in [-0.39, 0.29) is 27.0 Å². The summed E-state index contributed by atoms with van der Waals surface area (Å²) in [4.78, 5) is 0.246. The summed E-state index contributed by atoms with van der Waals surface area (Å²) in [6.07, 6.45) is 0. The third-order valence-corrected chi connectivity index (χ3v) is 6.85. The van der Waals surface area contributed by atoms with Crippen molar-refractivity contribution in [1.82, 2.24) is 0 Å². The largest absolute Gasteiger partial charge is 0.456 e. The molecule has 2 heterocycles. The van der Waals surface area contributed by atoms with Gasteiger partial charge in [0.1, 0.15) is 11.3 Å². The number of allylic oxidation sites excluding steroid dienone is 2. The quantitative estimate of drug-likeness (QED) is 0.280. The van der Waals surface area contributed by atoms with Gasteiger partial charge in [0, 0.05) is 37.0 Å². The van der Waals surface area contributed by atoms with E-state index in [1.165, 1.54) is 26.0 Å². The van der Waals surface area contributed by atoms with Crippen molar-refractivity contribution in [3.8, 4) is 0 Å². The number of fused-ring (bicyclic) bond motifs is 2. The number of thiophene rings is 1. The Hall–Kier alpha value is -2.74. The summed E-state index contributed by atoms with van der Waals surface area (Å²) in [6.45, 7) is 2.86. The molecule has 0 saturated heterocycles. The maximum Gasteiger partial charge on any atom is 0.380 e. The van der Waals surface area contributed by atoms with E-state index < -0.39 is 34.7 Å². The second-order valence-electron chi connectivity index (χ2n) is 7.55. The molecule has 2 aromatic carbocycles. The van der Waals surface area contributed by atoms with E-state index in [9.17, 15) is 8.78 Å². The lowest BCUT2D eigenvalue weighted by Crippen LogP contribution is -2.48. The van der Waals surface area contributed by atoms with Crippen LogP contribution in [0.5, 0.6) is 0 Å². The molecule has 0 radical (unpaired) electrons. The maximum absolute atomic E-state index is 15.2. The van der Waals surface area contributed by atoms with Gasteiger partial charge >= 0.3 is 17.8 Å². The minimum absolute atomic E-state index is 0.105. The second-order valence-corrected chi connectivity index (χ2v) is 8.81. The van der Waals surface area contributed by atoms with Gasteiger partial charge in [-0.1, -0.05) is 36.4 Å². The van der Waals surface area contributed by atoms with E-state index in [2.05, 4.69) is 0 Å². The summed E-state index contributed by atoms with van der Waals surface area (Å²) in [5.41, 5.74) is -2.86. The van der Waals surface area contributed by atoms with E-state index in [0.717, 1.165) is 11.3 Å². The average molecular weight is 452 g/mol. The first-order chi connectivity index (χ1) is 14.5. The topological polar surface area (TPSA) is 13.1 Å². The molecule has 5 rings (SSSR count). The number of alkyl halides is 6. The fourth-order valence-electron chi connectivity index (χ4n) is 4.25. The highest BCUT2D eigenvalue weighted by Crippen LogP contribution is 2.66. The molecule has 0 saturated carbocycles. The van der Waals surface area contributed by atoms with Gasteiger partial charge in [0.25, 0.3) is 0 Å². The Bertz CT molecular complexity index is 1390. The molecule has 1 aliphatic rings. The van der Waals surface area contributed by atoms with Crippen LogP contribution in [-0.2, 0) is 0 Å². The van der Waals surface area contributed by atoms with Gasteiger partial charge in [-0.2, -0.15) is 26.3 Å². The predicted molar refractivity (Wildman–Crippen MR) is 109 cm³/mol.